The summed E-state index contributed by atoms with van der Waals surface area (Å²) in [5, 5.41) is 1.03. The minimum atomic E-state index is -0.259. The van der Waals surface area contributed by atoms with Gasteiger partial charge < -0.3 is 19.4 Å². The summed E-state index contributed by atoms with van der Waals surface area (Å²) in [6, 6.07) is 8.18. The van der Waals surface area contributed by atoms with Gasteiger partial charge in [-0.3, -0.25) is 0 Å². The first-order valence-electron chi connectivity index (χ1n) is 9.30. The third-order valence-corrected chi connectivity index (χ3v) is 5.46. The zero-order chi connectivity index (χ0) is 18.3. The first-order chi connectivity index (χ1) is 13.2. The van der Waals surface area contributed by atoms with Crippen molar-refractivity contribution < 1.29 is 13.9 Å². The molecule has 2 aliphatic rings. The number of nitrogens with one attached hydrogen (secondary N) is 1. The number of benzene rings is 1. The number of aromatic nitrogens is 3. The number of rotatable bonds is 3. The monoisotopic (exact) mass is 368 g/mol. The van der Waals surface area contributed by atoms with E-state index in [1.54, 1.807) is 18.5 Å². The second kappa shape index (κ2) is 6.49. The van der Waals surface area contributed by atoms with Crippen LogP contribution in [0, 0.1) is 5.82 Å². The first-order valence-corrected chi connectivity index (χ1v) is 9.30. The number of fused-ring (bicyclic) bond motifs is 1. The van der Waals surface area contributed by atoms with Gasteiger partial charge in [-0.2, -0.15) is 0 Å². The maximum atomic E-state index is 13.1. The lowest BCUT2D eigenvalue weighted by atomic mass is 9.89. The molecule has 2 saturated heterocycles. The van der Waals surface area contributed by atoms with Crippen LogP contribution in [0.5, 0.6) is 5.75 Å². The highest BCUT2D eigenvalue weighted by atomic mass is 19.1. The summed E-state index contributed by atoms with van der Waals surface area (Å²) in [5.74, 6) is 1.37. The molecule has 7 heteroatoms. The van der Waals surface area contributed by atoms with Gasteiger partial charge in [0.15, 0.2) is 0 Å². The molecule has 2 aliphatic heterocycles. The van der Waals surface area contributed by atoms with Crippen LogP contribution in [0.15, 0.2) is 42.9 Å². The number of anilines is 1. The van der Waals surface area contributed by atoms with Crippen LogP contribution in [0.3, 0.4) is 0 Å². The van der Waals surface area contributed by atoms with E-state index < -0.39 is 0 Å². The number of piperidine rings is 1. The summed E-state index contributed by atoms with van der Waals surface area (Å²) >= 11 is 0. The average molecular weight is 368 g/mol. The lowest BCUT2D eigenvalue weighted by Gasteiger charge is -2.40. The average Bonchev–Trinajstić information content (AvgIpc) is 3.31. The van der Waals surface area contributed by atoms with Crippen LogP contribution in [0.25, 0.3) is 11.0 Å². The zero-order valence-electron chi connectivity index (χ0n) is 14.9. The summed E-state index contributed by atoms with van der Waals surface area (Å²) < 4.78 is 25.3. The minimum absolute atomic E-state index is 0.0203. The number of nitrogens with zero attached hydrogens (tertiary/aromatic N) is 3. The standard InChI is InChI=1S/C20H21FN4O2/c21-14-2-4-15(5-3-14)27-16-10-20(26-11-16)7-1-9-25(12-20)19-17-6-8-22-18(17)23-13-24-19/h2-6,8,13,16H,1,7,9-12H2,(H,22,23,24)/t16-,20+/m1/s1. The molecule has 0 amide bonds. The van der Waals surface area contributed by atoms with Crippen molar-refractivity contribution >= 4 is 16.9 Å². The van der Waals surface area contributed by atoms with E-state index in [0.717, 1.165) is 49.2 Å². The summed E-state index contributed by atoms with van der Waals surface area (Å²) in [6.45, 7) is 2.29. The molecule has 0 radical (unpaired) electrons. The van der Waals surface area contributed by atoms with E-state index in [-0.39, 0.29) is 17.5 Å². The molecule has 0 unspecified atom stereocenters. The minimum Gasteiger partial charge on any atom is -0.488 e. The highest BCUT2D eigenvalue weighted by Crippen LogP contribution is 2.38. The van der Waals surface area contributed by atoms with Crippen LogP contribution in [0.2, 0.25) is 0 Å². The first kappa shape index (κ1) is 16.5. The highest BCUT2D eigenvalue weighted by molar-refractivity contribution is 5.87. The Balaban J connectivity index is 1.32. The number of ether oxygens (including phenoxy) is 2. The molecule has 3 aromatic rings. The van der Waals surface area contributed by atoms with E-state index in [9.17, 15) is 4.39 Å². The molecule has 0 bridgehead atoms. The van der Waals surface area contributed by atoms with E-state index in [1.807, 2.05) is 12.3 Å². The third kappa shape index (κ3) is 3.12. The fourth-order valence-electron chi connectivity index (χ4n) is 4.26. The molecule has 2 fully saturated rings. The molecule has 1 spiro atoms. The Morgan fingerprint density at radius 2 is 2.11 bits per heavy atom. The van der Waals surface area contributed by atoms with Gasteiger partial charge in [-0.15, -0.1) is 0 Å². The predicted molar refractivity (Wildman–Crippen MR) is 99.5 cm³/mol. The number of H-pyrrole nitrogens is 1. The fraction of sp³-hybridized carbons (Fsp3) is 0.400. The quantitative estimate of drug-likeness (QED) is 0.769. The van der Waals surface area contributed by atoms with Gasteiger partial charge in [0.1, 0.15) is 35.5 Å². The van der Waals surface area contributed by atoms with Crippen molar-refractivity contribution in [1.29, 1.82) is 0 Å². The Kier molecular flexibility index (Phi) is 3.97. The zero-order valence-corrected chi connectivity index (χ0v) is 14.9. The van der Waals surface area contributed by atoms with Gasteiger partial charge in [-0.05, 0) is 43.2 Å². The summed E-state index contributed by atoms with van der Waals surface area (Å²) in [4.78, 5) is 14.2. The molecule has 27 heavy (non-hydrogen) atoms. The molecular formula is C20H21FN4O2. The van der Waals surface area contributed by atoms with Gasteiger partial charge in [-0.1, -0.05) is 0 Å². The van der Waals surface area contributed by atoms with Crippen molar-refractivity contribution in [2.45, 2.75) is 31.0 Å². The predicted octanol–water partition coefficient (Wildman–Crippen LogP) is 3.30. The Hall–Kier alpha value is -2.67. The van der Waals surface area contributed by atoms with Crippen molar-refractivity contribution in [2.75, 3.05) is 24.6 Å². The largest absolute Gasteiger partial charge is 0.488 e. The van der Waals surface area contributed by atoms with Gasteiger partial charge in [-0.25, -0.2) is 14.4 Å². The second-order valence-corrected chi connectivity index (χ2v) is 7.35. The molecule has 0 saturated carbocycles. The highest BCUT2D eigenvalue weighted by Gasteiger charge is 2.45. The summed E-state index contributed by atoms with van der Waals surface area (Å²) in [6.07, 6.45) is 6.34. The fourth-order valence-corrected chi connectivity index (χ4v) is 4.26. The number of hydrogen-bond acceptors (Lipinski definition) is 5. The smallest absolute Gasteiger partial charge is 0.142 e. The molecule has 1 aromatic carbocycles. The SMILES string of the molecule is Fc1ccc(O[C@H]2CO[C@@]3(CCCN(c4ncnc5[nH]ccc45)C3)C2)cc1. The van der Waals surface area contributed by atoms with Gasteiger partial charge in [0.05, 0.1) is 17.6 Å². The van der Waals surface area contributed by atoms with Crippen molar-refractivity contribution in [3.05, 3.63) is 48.7 Å². The van der Waals surface area contributed by atoms with E-state index >= 15 is 0 Å². The Morgan fingerprint density at radius 3 is 3.00 bits per heavy atom. The Labute approximate surface area is 156 Å². The summed E-state index contributed by atoms with van der Waals surface area (Å²) in [7, 11) is 0. The topological polar surface area (TPSA) is 63.3 Å². The molecule has 140 valence electrons. The van der Waals surface area contributed by atoms with Gasteiger partial charge in [0.2, 0.25) is 0 Å². The number of hydrogen-bond donors (Lipinski definition) is 1. The Bertz CT molecular complexity index is 945. The van der Waals surface area contributed by atoms with E-state index in [0.29, 0.717) is 12.4 Å². The maximum Gasteiger partial charge on any atom is 0.142 e. The molecule has 1 N–H and O–H groups in total. The molecule has 6 nitrogen and oxygen atoms in total. The van der Waals surface area contributed by atoms with Crippen LogP contribution in [0.4, 0.5) is 10.2 Å². The van der Waals surface area contributed by atoms with Crippen LogP contribution in [0.1, 0.15) is 19.3 Å². The van der Waals surface area contributed by atoms with Crippen LogP contribution >= 0.6 is 0 Å². The van der Waals surface area contributed by atoms with Crippen LogP contribution in [-0.4, -0.2) is 46.4 Å². The van der Waals surface area contributed by atoms with Crippen molar-refractivity contribution in [2.24, 2.45) is 0 Å². The molecule has 4 heterocycles. The molecule has 2 atom stereocenters. The van der Waals surface area contributed by atoms with Crippen molar-refractivity contribution in [1.82, 2.24) is 15.0 Å². The van der Waals surface area contributed by atoms with Gasteiger partial charge in [0, 0.05) is 25.7 Å². The summed E-state index contributed by atoms with van der Waals surface area (Å²) in [5.41, 5.74) is 0.626. The van der Waals surface area contributed by atoms with Crippen molar-refractivity contribution in [3.8, 4) is 5.75 Å². The lowest BCUT2D eigenvalue weighted by molar-refractivity contribution is -0.00823. The van der Waals surface area contributed by atoms with E-state index in [1.165, 1.54) is 12.1 Å². The normalized spacial score (nSPS) is 25.4. The molecule has 5 rings (SSSR count). The lowest BCUT2D eigenvalue weighted by Crippen LogP contribution is -2.48. The third-order valence-electron chi connectivity index (χ3n) is 5.46. The van der Waals surface area contributed by atoms with E-state index in [4.69, 9.17) is 9.47 Å². The number of halogens is 1. The molecular weight excluding hydrogens is 347 g/mol. The Morgan fingerprint density at radius 1 is 1.22 bits per heavy atom. The van der Waals surface area contributed by atoms with Crippen LogP contribution in [-0.2, 0) is 4.74 Å². The van der Waals surface area contributed by atoms with Crippen LogP contribution < -0.4 is 9.64 Å². The molecule has 2 aromatic heterocycles. The second-order valence-electron chi connectivity index (χ2n) is 7.35. The van der Waals surface area contributed by atoms with Gasteiger partial charge in [0.25, 0.3) is 0 Å². The van der Waals surface area contributed by atoms with E-state index in [2.05, 4.69) is 19.9 Å². The van der Waals surface area contributed by atoms with Crippen molar-refractivity contribution in [3.63, 3.8) is 0 Å². The number of aromatic amines is 1. The maximum absolute atomic E-state index is 13.1. The van der Waals surface area contributed by atoms with Gasteiger partial charge >= 0.3 is 0 Å². The molecule has 0 aliphatic carbocycles.